The van der Waals surface area contributed by atoms with Gasteiger partial charge in [0, 0.05) is 37.6 Å². The predicted molar refractivity (Wildman–Crippen MR) is 91.1 cm³/mol. The molecule has 0 bridgehead atoms. The van der Waals surface area contributed by atoms with Gasteiger partial charge in [-0.3, -0.25) is 9.78 Å². The highest BCUT2D eigenvalue weighted by Crippen LogP contribution is 2.25. The van der Waals surface area contributed by atoms with Crippen molar-refractivity contribution in [2.75, 3.05) is 18.0 Å². The van der Waals surface area contributed by atoms with Crippen LogP contribution in [-0.2, 0) is 14.8 Å². The predicted octanol–water partition coefficient (Wildman–Crippen LogP) is 1.72. The number of pyridine rings is 1. The van der Waals surface area contributed by atoms with Gasteiger partial charge in [-0.15, -0.1) is 0 Å². The molecule has 1 atom stereocenters. The number of nitrogens with one attached hydrogen (secondary N) is 1. The van der Waals surface area contributed by atoms with Gasteiger partial charge < -0.3 is 4.90 Å². The Morgan fingerprint density at radius 3 is 2.67 bits per heavy atom. The lowest BCUT2D eigenvalue weighted by molar-refractivity contribution is -0.117. The average molecular weight is 345 g/mol. The monoisotopic (exact) mass is 345 g/mol. The molecule has 1 amide bonds. The summed E-state index contributed by atoms with van der Waals surface area (Å²) in [6.07, 6.45) is 3.16. The van der Waals surface area contributed by atoms with Crippen LogP contribution < -0.4 is 9.62 Å². The number of aryl methyl sites for hydroxylation is 1. The van der Waals surface area contributed by atoms with Gasteiger partial charge in [-0.05, 0) is 37.1 Å². The van der Waals surface area contributed by atoms with E-state index in [0.29, 0.717) is 13.0 Å². The minimum Gasteiger partial charge on any atom is -0.312 e. The molecule has 1 saturated heterocycles. The summed E-state index contributed by atoms with van der Waals surface area (Å²) in [5, 5.41) is 0. The van der Waals surface area contributed by atoms with E-state index >= 15 is 0 Å². The maximum Gasteiger partial charge on any atom is 0.242 e. The van der Waals surface area contributed by atoms with Crippen molar-refractivity contribution in [2.45, 2.75) is 18.2 Å². The molecule has 1 aliphatic rings. The van der Waals surface area contributed by atoms with Crippen LogP contribution in [0, 0.1) is 12.8 Å². The Bertz CT molecular complexity index is 820. The Labute approximate surface area is 141 Å². The highest BCUT2D eigenvalue weighted by molar-refractivity contribution is 7.89. The molecule has 3 rings (SSSR count). The van der Waals surface area contributed by atoms with Crippen LogP contribution in [0.4, 0.5) is 5.69 Å². The maximum absolute atomic E-state index is 12.2. The number of hydrogen-bond donors (Lipinski definition) is 1. The molecule has 2 aromatic rings. The smallest absolute Gasteiger partial charge is 0.242 e. The van der Waals surface area contributed by atoms with E-state index in [1.807, 2.05) is 31.2 Å². The molecule has 0 radical (unpaired) electrons. The fraction of sp³-hybridized carbons (Fsp3) is 0.294. The maximum atomic E-state index is 12.2. The van der Waals surface area contributed by atoms with Crippen molar-refractivity contribution in [2.24, 2.45) is 5.92 Å². The molecule has 0 spiro atoms. The number of sulfonamides is 1. The van der Waals surface area contributed by atoms with Gasteiger partial charge in [-0.1, -0.05) is 17.7 Å². The third-order valence-corrected chi connectivity index (χ3v) is 5.47. The number of aromatic nitrogens is 1. The van der Waals surface area contributed by atoms with Gasteiger partial charge in [0.1, 0.15) is 4.90 Å². The Morgan fingerprint density at radius 2 is 2.00 bits per heavy atom. The highest BCUT2D eigenvalue weighted by atomic mass is 32.2. The molecule has 1 aromatic heterocycles. The lowest BCUT2D eigenvalue weighted by Crippen LogP contribution is -2.31. The van der Waals surface area contributed by atoms with Crippen molar-refractivity contribution < 1.29 is 13.2 Å². The molecule has 7 heteroatoms. The Hall–Kier alpha value is -2.25. The zero-order valence-electron chi connectivity index (χ0n) is 13.3. The minimum atomic E-state index is -3.60. The highest BCUT2D eigenvalue weighted by Gasteiger charge is 2.31. The molecular weight excluding hydrogens is 326 g/mol. The van der Waals surface area contributed by atoms with Crippen molar-refractivity contribution in [1.82, 2.24) is 9.71 Å². The fourth-order valence-electron chi connectivity index (χ4n) is 2.71. The molecule has 24 heavy (non-hydrogen) atoms. The van der Waals surface area contributed by atoms with E-state index in [2.05, 4.69) is 9.71 Å². The standard InChI is InChI=1S/C17H19N3O3S/c1-13-4-6-15(7-5-13)20-12-14(9-17(20)21)10-19-24(22,23)16-3-2-8-18-11-16/h2-8,11,14,19H,9-10,12H2,1H3/t14-/m1/s1. The molecule has 0 aliphatic carbocycles. The van der Waals surface area contributed by atoms with Gasteiger partial charge in [0.2, 0.25) is 15.9 Å². The van der Waals surface area contributed by atoms with E-state index in [1.54, 1.807) is 11.0 Å². The molecule has 1 aromatic carbocycles. The number of rotatable bonds is 5. The van der Waals surface area contributed by atoms with Crippen molar-refractivity contribution in [3.05, 3.63) is 54.4 Å². The van der Waals surface area contributed by atoms with Gasteiger partial charge in [0.25, 0.3) is 0 Å². The van der Waals surface area contributed by atoms with Crippen LogP contribution in [0.1, 0.15) is 12.0 Å². The van der Waals surface area contributed by atoms with E-state index in [4.69, 9.17) is 0 Å². The third-order valence-electron chi connectivity index (χ3n) is 4.06. The van der Waals surface area contributed by atoms with Gasteiger partial charge in [0.05, 0.1) is 0 Å². The molecule has 0 unspecified atom stereocenters. The quantitative estimate of drug-likeness (QED) is 0.895. The second kappa shape index (κ2) is 6.70. The number of carbonyl (C=O) groups is 1. The van der Waals surface area contributed by atoms with Crippen LogP contribution in [0.25, 0.3) is 0 Å². The third kappa shape index (κ3) is 3.63. The average Bonchev–Trinajstić information content (AvgIpc) is 2.96. The van der Waals surface area contributed by atoms with E-state index in [1.165, 1.54) is 18.5 Å². The zero-order chi connectivity index (χ0) is 17.2. The van der Waals surface area contributed by atoms with Crippen LogP contribution in [-0.4, -0.2) is 32.4 Å². The molecular formula is C17H19N3O3S. The van der Waals surface area contributed by atoms with E-state index in [-0.39, 0.29) is 23.3 Å². The Kier molecular flexibility index (Phi) is 4.64. The molecule has 6 nitrogen and oxygen atoms in total. The second-order valence-corrected chi connectivity index (χ2v) is 7.72. The van der Waals surface area contributed by atoms with Gasteiger partial charge in [-0.25, -0.2) is 13.1 Å². The summed E-state index contributed by atoms with van der Waals surface area (Å²) in [4.78, 5) is 17.9. The summed E-state index contributed by atoms with van der Waals surface area (Å²) in [6.45, 7) is 2.73. The normalized spacial score (nSPS) is 18.1. The summed E-state index contributed by atoms with van der Waals surface area (Å²) in [6, 6.07) is 10.8. The number of hydrogen-bond acceptors (Lipinski definition) is 4. The summed E-state index contributed by atoms with van der Waals surface area (Å²) in [5.74, 6) is -0.0327. The summed E-state index contributed by atoms with van der Waals surface area (Å²) in [5.41, 5.74) is 1.98. The van der Waals surface area contributed by atoms with E-state index in [0.717, 1.165) is 11.3 Å². The summed E-state index contributed by atoms with van der Waals surface area (Å²) >= 11 is 0. The molecule has 1 N–H and O–H groups in total. The number of amides is 1. The van der Waals surface area contributed by atoms with E-state index < -0.39 is 10.0 Å². The van der Waals surface area contributed by atoms with Crippen LogP contribution in [0.3, 0.4) is 0 Å². The summed E-state index contributed by atoms with van der Waals surface area (Å²) < 4.78 is 27.0. The van der Waals surface area contributed by atoms with Crippen LogP contribution >= 0.6 is 0 Å². The molecule has 2 heterocycles. The first-order chi connectivity index (χ1) is 11.5. The summed E-state index contributed by atoms with van der Waals surface area (Å²) in [7, 11) is -3.60. The van der Waals surface area contributed by atoms with Gasteiger partial charge in [-0.2, -0.15) is 0 Å². The lowest BCUT2D eigenvalue weighted by atomic mass is 10.1. The number of carbonyl (C=O) groups excluding carboxylic acids is 1. The van der Waals surface area contributed by atoms with Crippen molar-refractivity contribution in [1.29, 1.82) is 0 Å². The molecule has 1 aliphatic heterocycles. The van der Waals surface area contributed by atoms with Gasteiger partial charge in [0.15, 0.2) is 0 Å². The molecule has 0 saturated carbocycles. The lowest BCUT2D eigenvalue weighted by Gasteiger charge is -2.17. The zero-order valence-corrected chi connectivity index (χ0v) is 14.2. The SMILES string of the molecule is Cc1ccc(N2C[C@@H](CNS(=O)(=O)c3cccnc3)CC2=O)cc1. The molecule has 126 valence electrons. The number of nitrogens with zero attached hydrogens (tertiary/aromatic N) is 2. The number of anilines is 1. The fourth-order valence-corrected chi connectivity index (χ4v) is 3.79. The van der Waals surface area contributed by atoms with Crippen molar-refractivity contribution in [3.63, 3.8) is 0 Å². The Balaban J connectivity index is 1.63. The first-order valence-corrected chi connectivity index (χ1v) is 9.21. The van der Waals surface area contributed by atoms with Crippen LogP contribution in [0.15, 0.2) is 53.7 Å². The topological polar surface area (TPSA) is 79.4 Å². The van der Waals surface area contributed by atoms with Crippen LogP contribution in [0.2, 0.25) is 0 Å². The minimum absolute atomic E-state index is 0.0180. The largest absolute Gasteiger partial charge is 0.312 e. The second-order valence-electron chi connectivity index (χ2n) is 5.95. The first kappa shape index (κ1) is 16.6. The molecule has 1 fully saturated rings. The first-order valence-electron chi connectivity index (χ1n) is 7.72. The van der Waals surface area contributed by atoms with Crippen molar-refractivity contribution in [3.8, 4) is 0 Å². The van der Waals surface area contributed by atoms with Crippen molar-refractivity contribution >= 4 is 21.6 Å². The van der Waals surface area contributed by atoms with E-state index in [9.17, 15) is 13.2 Å². The Morgan fingerprint density at radius 1 is 1.25 bits per heavy atom. The number of benzene rings is 1. The van der Waals surface area contributed by atoms with Gasteiger partial charge >= 0.3 is 0 Å². The van der Waals surface area contributed by atoms with Crippen LogP contribution in [0.5, 0.6) is 0 Å².